The minimum absolute atomic E-state index is 0.575. The van der Waals surface area contributed by atoms with Gasteiger partial charge in [0.1, 0.15) is 12.1 Å². The molecule has 4 rings (SSSR count). The van der Waals surface area contributed by atoms with Gasteiger partial charge in [-0.2, -0.15) is 0 Å². The van der Waals surface area contributed by atoms with Crippen LogP contribution in [0.5, 0.6) is 0 Å². The van der Waals surface area contributed by atoms with Gasteiger partial charge >= 0.3 is 0 Å². The SMILES string of the molecule is CCN1CCCC1CN(Cc1ccncc1)c1ncnc2cccc(C)c12. The van der Waals surface area contributed by atoms with E-state index in [9.17, 15) is 0 Å². The third-order valence-electron chi connectivity index (χ3n) is 5.61. The van der Waals surface area contributed by atoms with Crippen molar-refractivity contribution in [2.24, 2.45) is 0 Å². The van der Waals surface area contributed by atoms with Crippen molar-refractivity contribution in [2.45, 2.75) is 39.3 Å². The second kappa shape index (κ2) is 8.01. The summed E-state index contributed by atoms with van der Waals surface area (Å²) in [6.45, 7) is 8.53. The zero-order valence-electron chi connectivity index (χ0n) is 16.2. The van der Waals surface area contributed by atoms with Crippen LogP contribution in [0.4, 0.5) is 5.82 Å². The predicted molar refractivity (Wildman–Crippen MR) is 110 cm³/mol. The van der Waals surface area contributed by atoms with Gasteiger partial charge < -0.3 is 4.90 Å². The van der Waals surface area contributed by atoms with E-state index in [0.29, 0.717) is 6.04 Å². The fourth-order valence-electron chi connectivity index (χ4n) is 4.21. The lowest BCUT2D eigenvalue weighted by Gasteiger charge is -2.32. The van der Waals surface area contributed by atoms with Gasteiger partial charge in [-0.15, -0.1) is 0 Å². The van der Waals surface area contributed by atoms with Crippen molar-refractivity contribution in [3.63, 3.8) is 0 Å². The van der Waals surface area contributed by atoms with Gasteiger partial charge in [0.05, 0.1) is 5.52 Å². The number of nitrogens with zero attached hydrogens (tertiary/aromatic N) is 5. The quantitative estimate of drug-likeness (QED) is 0.668. The Morgan fingerprint density at radius 3 is 2.81 bits per heavy atom. The molecule has 3 heterocycles. The number of aryl methyl sites for hydroxylation is 1. The van der Waals surface area contributed by atoms with Crippen LogP contribution in [0.25, 0.3) is 10.9 Å². The fraction of sp³-hybridized carbons (Fsp3) is 0.409. The first kappa shape index (κ1) is 17.9. The summed E-state index contributed by atoms with van der Waals surface area (Å²) in [6, 6.07) is 11.0. The average molecular weight is 361 g/mol. The summed E-state index contributed by atoms with van der Waals surface area (Å²) in [7, 11) is 0. The van der Waals surface area contributed by atoms with Crippen LogP contribution in [0.2, 0.25) is 0 Å². The van der Waals surface area contributed by atoms with E-state index in [1.807, 2.05) is 12.4 Å². The van der Waals surface area contributed by atoms with Gasteiger partial charge in [-0.05, 0) is 62.2 Å². The minimum atomic E-state index is 0.575. The first-order valence-corrected chi connectivity index (χ1v) is 9.84. The van der Waals surface area contributed by atoms with Crippen LogP contribution in [0, 0.1) is 6.92 Å². The number of likely N-dealkylation sites (tertiary alicyclic amines) is 1. The van der Waals surface area contributed by atoms with Gasteiger partial charge in [0.25, 0.3) is 0 Å². The number of benzene rings is 1. The highest BCUT2D eigenvalue weighted by molar-refractivity contribution is 5.92. The molecule has 5 heteroatoms. The summed E-state index contributed by atoms with van der Waals surface area (Å²) in [5, 5.41) is 1.16. The van der Waals surface area contributed by atoms with Gasteiger partial charge in [0.15, 0.2) is 0 Å². The summed E-state index contributed by atoms with van der Waals surface area (Å²) in [4.78, 5) is 18.4. The van der Waals surface area contributed by atoms with Gasteiger partial charge in [-0.25, -0.2) is 9.97 Å². The minimum Gasteiger partial charge on any atom is -0.350 e. The Bertz CT molecular complexity index is 890. The van der Waals surface area contributed by atoms with E-state index in [0.717, 1.165) is 36.4 Å². The molecule has 0 radical (unpaired) electrons. The highest BCUT2D eigenvalue weighted by Crippen LogP contribution is 2.29. The smallest absolute Gasteiger partial charge is 0.140 e. The molecule has 0 saturated carbocycles. The molecule has 1 fully saturated rings. The summed E-state index contributed by atoms with van der Waals surface area (Å²) in [5.41, 5.74) is 3.49. The number of hydrogen-bond acceptors (Lipinski definition) is 5. The van der Waals surface area contributed by atoms with E-state index in [4.69, 9.17) is 4.98 Å². The van der Waals surface area contributed by atoms with E-state index in [1.54, 1.807) is 6.33 Å². The van der Waals surface area contributed by atoms with E-state index in [2.05, 4.69) is 63.9 Å². The lowest BCUT2D eigenvalue weighted by Crippen LogP contribution is -2.40. The Balaban J connectivity index is 1.73. The summed E-state index contributed by atoms with van der Waals surface area (Å²) in [5.74, 6) is 1.04. The molecule has 1 saturated heterocycles. The maximum atomic E-state index is 4.74. The maximum absolute atomic E-state index is 4.74. The van der Waals surface area contributed by atoms with Crippen molar-refractivity contribution < 1.29 is 0 Å². The summed E-state index contributed by atoms with van der Waals surface area (Å²) < 4.78 is 0. The maximum Gasteiger partial charge on any atom is 0.140 e. The van der Waals surface area contributed by atoms with Crippen molar-refractivity contribution in [3.05, 3.63) is 60.2 Å². The summed E-state index contributed by atoms with van der Waals surface area (Å²) >= 11 is 0. The third-order valence-corrected chi connectivity index (χ3v) is 5.61. The Hall–Kier alpha value is -2.53. The van der Waals surface area contributed by atoms with Crippen molar-refractivity contribution in [3.8, 4) is 0 Å². The molecule has 0 N–H and O–H groups in total. The van der Waals surface area contributed by atoms with Crippen molar-refractivity contribution in [2.75, 3.05) is 24.5 Å². The van der Waals surface area contributed by atoms with Crippen LogP contribution in [0.15, 0.2) is 49.1 Å². The molecule has 1 aromatic carbocycles. The zero-order chi connectivity index (χ0) is 18.6. The standard InChI is InChI=1S/C22H27N5/c1-3-26-13-5-7-19(26)15-27(14-18-9-11-23-12-10-18)22-21-17(2)6-4-8-20(21)24-16-25-22/h4,6,8-12,16,19H,3,5,7,13-15H2,1-2H3. The van der Waals surface area contributed by atoms with Crippen LogP contribution in [0.1, 0.15) is 30.9 Å². The number of likely N-dealkylation sites (N-methyl/N-ethyl adjacent to an activating group) is 1. The van der Waals surface area contributed by atoms with Gasteiger partial charge in [0.2, 0.25) is 0 Å². The average Bonchev–Trinajstić information content (AvgIpc) is 3.15. The second-order valence-electron chi connectivity index (χ2n) is 7.33. The molecule has 3 aromatic rings. The Morgan fingerprint density at radius 2 is 2.00 bits per heavy atom. The molecule has 0 bridgehead atoms. The number of fused-ring (bicyclic) bond motifs is 1. The Kier molecular flexibility index (Phi) is 5.30. The number of hydrogen-bond donors (Lipinski definition) is 0. The molecule has 140 valence electrons. The van der Waals surface area contributed by atoms with Gasteiger partial charge in [-0.1, -0.05) is 19.1 Å². The molecule has 1 unspecified atom stereocenters. The zero-order valence-corrected chi connectivity index (χ0v) is 16.2. The highest BCUT2D eigenvalue weighted by Gasteiger charge is 2.26. The molecule has 0 aliphatic carbocycles. The Morgan fingerprint density at radius 1 is 1.15 bits per heavy atom. The monoisotopic (exact) mass is 361 g/mol. The first-order valence-electron chi connectivity index (χ1n) is 9.84. The van der Waals surface area contributed by atoms with Crippen LogP contribution in [0.3, 0.4) is 0 Å². The molecular weight excluding hydrogens is 334 g/mol. The van der Waals surface area contributed by atoms with E-state index >= 15 is 0 Å². The van der Waals surface area contributed by atoms with Crippen molar-refractivity contribution in [1.82, 2.24) is 19.9 Å². The lowest BCUT2D eigenvalue weighted by atomic mass is 10.1. The third kappa shape index (κ3) is 3.78. The van der Waals surface area contributed by atoms with Crippen LogP contribution < -0.4 is 4.90 Å². The first-order chi connectivity index (χ1) is 13.3. The molecule has 27 heavy (non-hydrogen) atoms. The normalized spacial score (nSPS) is 17.5. The fourth-order valence-corrected chi connectivity index (χ4v) is 4.21. The predicted octanol–water partition coefficient (Wildman–Crippen LogP) is 3.82. The van der Waals surface area contributed by atoms with Crippen LogP contribution in [-0.4, -0.2) is 45.5 Å². The van der Waals surface area contributed by atoms with Gasteiger partial charge in [-0.3, -0.25) is 9.88 Å². The summed E-state index contributed by atoms with van der Waals surface area (Å²) in [6.07, 6.45) is 7.96. The molecule has 0 amide bonds. The number of rotatable bonds is 6. The van der Waals surface area contributed by atoms with E-state index < -0.39 is 0 Å². The molecule has 0 spiro atoms. The topological polar surface area (TPSA) is 45.2 Å². The van der Waals surface area contributed by atoms with Crippen LogP contribution >= 0.6 is 0 Å². The number of anilines is 1. The second-order valence-corrected chi connectivity index (χ2v) is 7.33. The molecule has 1 aliphatic heterocycles. The Labute approximate surface area is 161 Å². The van der Waals surface area contributed by atoms with Crippen LogP contribution in [-0.2, 0) is 6.54 Å². The molecule has 2 aromatic heterocycles. The van der Waals surface area contributed by atoms with Gasteiger partial charge in [0, 0.05) is 36.9 Å². The van der Waals surface area contributed by atoms with E-state index in [1.165, 1.54) is 30.5 Å². The molecule has 1 aliphatic rings. The lowest BCUT2D eigenvalue weighted by molar-refractivity contribution is 0.268. The number of pyridine rings is 1. The highest BCUT2D eigenvalue weighted by atomic mass is 15.3. The van der Waals surface area contributed by atoms with Crippen molar-refractivity contribution in [1.29, 1.82) is 0 Å². The van der Waals surface area contributed by atoms with E-state index in [-0.39, 0.29) is 0 Å². The van der Waals surface area contributed by atoms with Crippen molar-refractivity contribution >= 4 is 16.7 Å². The largest absolute Gasteiger partial charge is 0.350 e. The molecule has 5 nitrogen and oxygen atoms in total. The number of aromatic nitrogens is 3. The molecule has 1 atom stereocenters. The molecular formula is C22H27N5.